The molecule has 2 atom stereocenters. The third-order valence-corrected chi connectivity index (χ3v) is 4.92. The molecule has 0 aromatic heterocycles. The molecule has 2 aliphatic rings. The summed E-state index contributed by atoms with van der Waals surface area (Å²) in [4.78, 5) is 14.4. The number of hydrogen-bond acceptors (Lipinski definition) is 1. The number of nitrogens with zero attached hydrogens (tertiary/aromatic N) is 1. The number of alkyl halides is 1. The van der Waals surface area contributed by atoms with Gasteiger partial charge in [-0.05, 0) is 37.8 Å². The Morgan fingerprint density at radius 1 is 1.10 bits per heavy atom. The van der Waals surface area contributed by atoms with Crippen LogP contribution in [0.1, 0.15) is 36.0 Å². The number of rotatable bonds is 1. The molecule has 0 saturated carbocycles. The number of benzene rings is 1. The Bertz CT molecular complexity index is 552. The van der Waals surface area contributed by atoms with E-state index in [0.29, 0.717) is 4.83 Å². The smallest absolute Gasteiger partial charge is 0.257 e. The predicted octanol–water partition coefficient (Wildman–Crippen LogP) is 3.63. The van der Waals surface area contributed by atoms with Gasteiger partial charge < -0.3 is 4.90 Å². The van der Waals surface area contributed by atoms with Gasteiger partial charge in [0.2, 0.25) is 0 Å². The zero-order valence-corrected chi connectivity index (χ0v) is 12.2. The normalized spacial score (nSPS) is 28.8. The largest absolute Gasteiger partial charge is 0.333 e. The van der Waals surface area contributed by atoms with E-state index < -0.39 is 23.4 Å². The lowest BCUT2D eigenvalue weighted by Gasteiger charge is -2.37. The fraction of sp³-hybridized carbons (Fsp3) is 0.500. The number of carbonyl (C=O) groups is 1. The predicted molar refractivity (Wildman–Crippen MR) is 71.2 cm³/mol. The lowest BCUT2D eigenvalue weighted by atomic mass is 10.0. The van der Waals surface area contributed by atoms with Gasteiger partial charge in [-0.15, -0.1) is 0 Å². The summed E-state index contributed by atoms with van der Waals surface area (Å²) >= 11 is 3.56. The maximum absolute atomic E-state index is 13.7. The lowest BCUT2D eigenvalue weighted by Crippen LogP contribution is -2.47. The topological polar surface area (TPSA) is 20.3 Å². The highest BCUT2D eigenvalue weighted by Gasteiger charge is 2.43. The summed E-state index contributed by atoms with van der Waals surface area (Å²) in [7, 11) is 0. The first-order chi connectivity index (χ1) is 9.49. The Morgan fingerprint density at radius 2 is 1.70 bits per heavy atom. The Hall–Kier alpha value is -1.04. The van der Waals surface area contributed by atoms with E-state index in [-0.39, 0.29) is 17.6 Å². The molecule has 1 aromatic rings. The molecule has 0 spiro atoms. The lowest BCUT2D eigenvalue weighted by molar-refractivity contribution is 0.0597. The molecule has 2 unspecified atom stereocenters. The standard InChI is InChI=1S/C14H13BrF3NO/c15-7-5-8-1-2-9(6-7)19(8)14(20)10-3-4-11(16)13(18)12(10)17/h3-4,7-9H,1-2,5-6H2. The number of fused-ring (bicyclic) bond motifs is 2. The number of hydrogen-bond donors (Lipinski definition) is 0. The summed E-state index contributed by atoms with van der Waals surface area (Å²) in [6.45, 7) is 0. The molecule has 20 heavy (non-hydrogen) atoms. The summed E-state index contributed by atoms with van der Waals surface area (Å²) in [5.41, 5.74) is -0.381. The fourth-order valence-electron chi connectivity index (χ4n) is 3.27. The molecule has 108 valence electrons. The number of piperidine rings is 1. The van der Waals surface area contributed by atoms with Gasteiger partial charge in [0.25, 0.3) is 5.91 Å². The summed E-state index contributed by atoms with van der Waals surface area (Å²) in [6.07, 6.45) is 3.38. The third-order valence-electron chi connectivity index (χ3n) is 4.18. The van der Waals surface area contributed by atoms with E-state index in [1.165, 1.54) is 0 Å². The second-order valence-electron chi connectivity index (χ2n) is 5.39. The summed E-state index contributed by atoms with van der Waals surface area (Å²) in [5.74, 6) is -4.79. The minimum absolute atomic E-state index is 0.0538. The van der Waals surface area contributed by atoms with Crippen LogP contribution in [0, 0.1) is 17.5 Å². The molecule has 1 amide bonds. The second-order valence-corrected chi connectivity index (χ2v) is 6.68. The van der Waals surface area contributed by atoms with E-state index in [2.05, 4.69) is 15.9 Å². The quantitative estimate of drug-likeness (QED) is 0.561. The van der Waals surface area contributed by atoms with E-state index in [4.69, 9.17) is 0 Å². The van der Waals surface area contributed by atoms with Crippen molar-refractivity contribution >= 4 is 21.8 Å². The van der Waals surface area contributed by atoms with Gasteiger partial charge in [-0.2, -0.15) is 0 Å². The zero-order valence-electron chi connectivity index (χ0n) is 10.6. The molecule has 3 rings (SSSR count). The van der Waals surface area contributed by atoms with Gasteiger partial charge in [-0.1, -0.05) is 15.9 Å². The van der Waals surface area contributed by atoms with Crippen molar-refractivity contribution in [2.45, 2.75) is 42.6 Å². The van der Waals surface area contributed by atoms with Gasteiger partial charge in [0.1, 0.15) is 0 Å². The van der Waals surface area contributed by atoms with Crippen LogP contribution in [-0.2, 0) is 0 Å². The molecule has 6 heteroatoms. The molecule has 0 radical (unpaired) electrons. The van der Waals surface area contributed by atoms with Crippen LogP contribution >= 0.6 is 15.9 Å². The van der Waals surface area contributed by atoms with Gasteiger partial charge in [0.05, 0.1) is 5.56 Å². The first-order valence-electron chi connectivity index (χ1n) is 6.59. The van der Waals surface area contributed by atoms with E-state index in [0.717, 1.165) is 37.8 Å². The van der Waals surface area contributed by atoms with Crippen LogP contribution in [-0.4, -0.2) is 27.7 Å². The Morgan fingerprint density at radius 3 is 2.30 bits per heavy atom. The Balaban J connectivity index is 1.92. The van der Waals surface area contributed by atoms with Gasteiger partial charge in [-0.25, -0.2) is 13.2 Å². The molecule has 2 heterocycles. The zero-order chi connectivity index (χ0) is 14.4. The van der Waals surface area contributed by atoms with E-state index in [1.807, 2.05) is 0 Å². The highest BCUT2D eigenvalue weighted by Crippen LogP contribution is 2.39. The molecule has 2 nitrogen and oxygen atoms in total. The summed E-state index contributed by atoms with van der Waals surface area (Å²) < 4.78 is 39.9. The van der Waals surface area contributed by atoms with Crippen molar-refractivity contribution in [3.8, 4) is 0 Å². The Labute approximate surface area is 123 Å². The maximum Gasteiger partial charge on any atom is 0.257 e. The van der Waals surface area contributed by atoms with Crippen LogP contribution < -0.4 is 0 Å². The first-order valence-corrected chi connectivity index (χ1v) is 7.51. The van der Waals surface area contributed by atoms with E-state index >= 15 is 0 Å². The molecule has 2 aliphatic heterocycles. The highest BCUT2D eigenvalue weighted by molar-refractivity contribution is 9.09. The summed E-state index contributed by atoms with van der Waals surface area (Å²) in [6, 6.07) is 1.93. The van der Waals surface area contributed by atoms with Crippen LogP contribution in [0.25, 0.3) is 0 Å². The molecule has 2 bridgehead atoms. The monoisotopic (exact) mass is 347 g/mol. The van der Waals surface area contributed by atoms with Gasteiger partial charge in [-0.3, -0.25) is 4.79 Å². The van der Waals surface area contributed by atoms with Crippen LogP contribution in [0.5, 0.6) is 0 Å². The minimum Gasteiger partial charge on any atom is -0.333 e. The fourth-order valence-corrected chi connectivity index (χ4v) is 4.14. The van der Waals surface area contributed by atoms with Gasteiger partial charge >= 0.3 is 0 Å². The highest BCUT2D eigenvalue weighted by atomic mass is 79.9. The minimum atomic E-state index is -1.58. The number of halogens is 4. The van der Waals surface area contributed by atoms with Crippen molar-refractivity contribution in [3.63, 3.8) is 0 Å². The SMILES string of the molecule is O=C(c1ccc(F)c(F)c1F)N1C2CCC1CC(Br)C2. The molecular weight excluding hydrogens is 335 g/mol. The molecule has 2 saturated heterocycles. The van der Waals surface area contributed by atoms with Crippen LogP contribution in [0.2, 0.25) is 0 Å². The molecule has 0 aliphatic carbocycles. The average molecular weight is 348 g/mol. The van der Waals surface area contributed by atoms with Crippen molar-refractivity contribution in [1.29, 1.82) is 0 Å². The van der Waals surface area contributed by atoms with Gasteiger partial charge in [0, 0.05) is 16.9 Å². The van der Waals surface area contributed by atoms with Gasteiger partial charge in [0.15, 0.2) is 17.5 Å². The average Bonchev–Trinajstić information content (AvgIpc) is 2.68. The third kappa shape index (κ3) is 2.14. The molecule has 2 fully saturated rings. The van der Waals surface area contributed by atoms with Crippen molar-refractivity contribution in [3.05, 3.63) is 35.1 Å². The summed E-state index contributed by atoms with van der Waals surface area (Å²) in [5, 5.41) is 0. The molecule has 1 aromatic carbocycles. The second kappa shape index (κ2) is 5.06. The molecular formula is C14H13BrF3NO. The first kappa shape index (κ1) is 13.9. The van der Waals surface area contributed by atoms with Crippen molar-refractivity contribution in [1.82, 2.24) is 4.90 Å². The number of amides is 1. The van der Waals surface area contributed by atoms with Crippen LogP contribution in [0.4, 0.5) is 13.2 Å². The van der Waals surface area contributed by atoms with Crippen molar-refractivity contribution in [2.75, 3.05) is 0 Å². The van der Waals surface area contributed by atoms with Crippen molar-refractivity contribution in [2.24, 2.45) is 0 Å². The van der Waals surface area contributed by atoms with E-state index in [9.17, 15) is 18.0 Å². The van der Waals surface area contributed by atoms with Crippen LogP contribution in [0.15, 0.2) is 12.1 Å². The Kier molecular flexibility index (Phi) is 3.52. The van der Waals surface area contributed by atoms with E-state index in [1.54, 1.807) is 4.90 Å². The van der Waals surface area contributed by atoms with Crippen molar-refractivity contribution < 1.29 is 18.0 Å². The number of carbonyl (C=O) groups excluding carboxylic acids is 1. The van der Waals surface area contributed by atoms with Crippen LogP contribution in [0.3, 0.4) is 0 Å². The maximum atomic E-state index is 13.7. The molecule has 0 N–H and O–H groups in total.